The molecule has 1 aromatic carbocycles. The van der Waals surface area contributed by atoms with Crippen molar-refractivity contribution in [2.24, 2.45) is 0 Å². The van der Waals surface area contributed by atoms with Crippen LogP contribution in [-0.2, 0) is 4.74 Å². The predicted octanol–water partition coefficient (Wildman–Crippen LogP) is 1.71. The summed E-state index contributed by atoms with van der Waals surface area (Å²) in [5, 5.41) is 13.3. The van der Waals surface area contributed by atoms with Gasteiger partial charge in [0.25, 0.3) is 0 Å². The van der Waals surface area contributed by atoms with E-state index in [0.717, 1.165) is 6.54 Å². The maximum Gasteiger partial charge on any atom is 0.138 e. The molecule has 0 spiro atoms. The highest BCUT2D eigenvalue weighted by molar-refractivity contribution is 6.32. The Morgan fingerprint density at radius 3 is 2.89 bits per heavy atom. The van der Waals surface area contributed by atoms with Gasteiger partial charge in [0.05, 0.1) is 11.6 Å². The molecule has 0 aliphatic rings. The van der Waals surface area contributed by atoms with Gasteiger partial charge in [-0.05, 0) is 19.1 Å². The summed E-state index contributed by atoms with van der Waals surface area (Å²) in [5.41, 5.74) is 0. The summed E-state index contributed by atoms with van der Waals surface area (Å²) in [4.78, 5) is 0. The Labute approximate surface area is 113 Å². The van der Waals surface area contributed by atoms with Crippen LogP contribution in [0.15, 0.2) is 24.3 Å². The Morgan fingerprint density at radius 1 is 1.39 bits per heavy atom. The fourth-order valence-electron chi connectivity index (χ4n) is 1.36. The minimum Gasteiger partial charge on any atom is -0.489 e. The second-order valence-electron chi connectivity index (χ2n) is 3.80. The van der Waals surface area contributed by atoms with Crippen LogP contribution in [-0.4, -0.2) is 44.1 Å². The molecule has 102 valence electrons. The third-order valence-electron chi connectivity index (χ3n) is 2.28. The van der Waals surface area contributed by atoms with Crippen molar-refractivity contribution >= 4 is 11.6 Å². The highest BCUT2D eigenvalue weighted by Crippen LogP contribution is 2.22. The lowest BCUT2D eigenvalue weighted by Crippen LogP contribution is -2.33. The van der Waals surface area contributed by atoms with Crippen molar-refractivity contribution in [3.05, 3.63) is 29.3 Å². The standard InChI is InChI=1S/C13H20ClNO3/c1-2-17-8-7-15-9-11(16)10-18-13-6-4-3-5-12(13)14/h3-6,11,15-16H,2,7-10H2,1H3. The summed E-state index contributed by atoms with van der Waals surface area (Å²) in [7, 11) is 0. The van der Waals surface area contributed by atoms with Crippen LogP contribution in [0.1, 0.15) is 6.92 Å². The van der Waals surface area contributed by atoms with E-state index in [0.29, 0.717) is 30.5 Å². The van der Waals surface area contributed by atoms with Gasteiger partial charge in [-0.25, -0.2) is 0 Å². The van der Waals surface area contributed by atoms with Gasteiger partial charge in [-0.2, -0.15) is 0 Å². The van der Waals surface area contributed by atoms with Crippen LogP contribution >= 0.6 is 11.6 Å². The first-order valence-electron chi connectivity index (χ1n) is 6.08. The molecule has 0 fully saturated rings. The molecule has 0 bridgehead atoms. The van der Waals surface area contributed by atoms with Crippen molar-refractivity contribution in [2.45, 2.75) is 13.0 Å². The Morgan fingerprint density at radius 2 is 2.17 bits per heavy atom. The van der Waals surface area contributed by atoms with E-state index in [1.54, 1.807) is 12.1 Å². The quantitative estimate of drug-likeness (QED) is 0.673. The Bertz CT molecular complexity index is 336. The van der Waals surface area contributed by atoms with Gasteiger partial charge in [0.1, 0.15) is 18.5 Å². The van der Waals surface area contributed by atoms with Gasteiger partial charge in [-0.3, -0.25) is 0 Å². The molecule has 1 atom stereocenters. The Hall–Kier alpha value is -0.810. The molecular weight excluding hydrogens is 254 g/mol. The second kappa shape index (κ2) is 9.16. The van der Waals surface area contributed by atoms with Crippen LogP contribution in [0.3, 0.4) is 0 Å². The van der Waals surface area contributed by atoms with Crippen LogP contribution in [0.5, 0.6) is 5.75 Å². The molecular formula is C13H20ClNO3. The van der Waals surface area contributed by atoms with E-state index in [1.165, 1.54) is 0 Å². The molecule has 0 saturated heterocycles. The van der Waals surface area contributed by atoms with E-state index in [4.69, 9.17) is 21.1 Å². The smallest absolute Gasteiger partial charge is 0.138 e. The van der Waals surface area contributed by atoms with Gasteiger partial charge in [0.15, 0.2) is 0 Å². The van der Waals surface area contributed by atoms with Gasteiger partial charge in [0, 0.05) is 19.7 Å². The van der Waals surface area contributed by atoms with Gasteiger partial charge >= 0.3 is 0 Å². The number of ether oxygens (including phenoxy) is 2. The third kappa shape index (κ3) is 6.21. The zero-order valence-corrected chi connectivity index (χ0v) is 11.3. The number of aliphatic hydroxyl groups is 1. The van der Waals surface area contributed by atoms with E-state index in [1.807, 2.05) is 19.1 Å². The maximum atomic E-state index is 9.69. The number of benzene rings is 1. The first kappa shape index (κ1) is 15.2. The van der Waals surface area contributed by atoms with Crippen LogP contribution in [0.4, 0.5) is 0 Å². The highest BCUT2D eigenvalue weighted by atomic mass is 35.5. The topological polar surface area (TPSA) is 50.7 Å². The molecule has 1 rings (SSSR count). The fraction of sp³-hybridized carbons (Fsp3) is 0.538. The fourth-order valence-corrected chi connectivity index (χ4v) is 1.55. The average molecular weight is 274 g/mol. The molecule has 18 heavy (non-hydrogen) atoms. The van der Waals surface area contributed by atoms with Crippen molar-refractivity contribution in [3.63, 3.8) is 0 Å². The van der Waals surface area contributed by atoms with Crippen molar-refractivity contribution in [2.75, 3.05) is 32.9 Å². The van der Waals surface area contributed by atoms with E-state index in [2.05, 4.69) is 5.32 Å². The van der Waals surface area contributed by atoms with Gasteiger partial charge < -0.3 is 19.9 Å². The van der Waals surface area contributed by atoms with E-state index < -0.39 is 6.10 Å². The summed E-state index contributed by atoms with van der Waals surface area (Å²) in [6.45, 7) is 4.71. The van der Waals surface area contributed by atoms with Crippen LogP contribution in [0, 0.1) is 0 Å². The number of nitrogens with one attached hydrogen (secondary N) is 1. The largest absolute Gasteiger partial charge is 0.489 e. The van der Waals surface area contributed by atoms with Gasteiger partial charge in [-0.1, -0.05) is 23.7 Å². The molecule has 0 amide bonds. The molecule has 0 aliphatic carbocycles. The van der Waals surface area contributed by atoms with E-state index >= 15 is 0 Å². The molecule has 2 N–H and O–H groups in total. The Kier molecular flexibility index (Phi) is 7.76. The molecule has 0 heterocycles. The molecule has 0 radical (unpaired) electrons. The van der Waals surface area contributed by atoms with Crippen molar-refractivity contribution in [1.29, 1.82) is 0 Å². The zero-order valence-electron chi connectivity index (χ0n) is 10.6. The number of rotatable bonds is 9. The molecule has 0 saturated carbocycles. The molecule has 0 aromatic heterocycles. The number of aliphatic hydroxyl groups excluding tert-OH is 1. The Balaban J connectivity index is 2.13. The minimum atomic E-state index is -0.567. The van der Waals surface area contributed by atoms with Crippen molar-refractivity contribution < 1.29 is 14.6 Å². The monoisotopic (exact) mass is 273 g/mol. The molecule has 1 aromatic rings. The lowest BCUT2D eigenvalue weighted by Gasteiger charge is -2.13. The summed E-state index contributed by atoms with van der Waals surface area (Å²) in [6.07, 6.45) is -0.567. The predicted molar refractivity (Wildman–Crippen MR) is 72.3 cm³/mol. The first-order valence-corrected chi connectivity index (χ1v) is 6.45. The molecule has 4 nitrogen and oxygen atoms in total. The summed E-state index contributed by atoms with van der Waals surface area (Å²) < 4.78 is 10.6. The average Bonchev–Trinajstić information content (AvgIpc) is 2.37. The summed E-state index contributed by atoms with van der Waals surface area (Å²) in [5.74, 6) is 0.590. The summed E-state index contributed by atoms with van der Waals surface area (Å²) >= 11 is 5.93. The number of para-hydroxylation sites is 1. The lowest BCUT2D eigenvalue weighted by molar-refractivity contribution is 0.100. The minimum absolute atomic E-state index is 0.214. The highest BCUT2D eigenvalue weighted by Gasteiger charge is 2.06. The zero-order chi connectivity index (χ0) is 13.2. The summed E-state index contributed by atoms with van der Waals surface area (Å²) in [6, 6.07) is 7.20. The van der Waals surface area contributed by atoms with Crippen molar-refractivity contribution in [3.8, 4) is 5.75 Å². The van der Waals surface area contributed by atoms with E-state index in [-0.39, 0.29) is 6.61 Å². The normalized spacial score (nSPS) is 12.4. The molecule has 0 aliphatic heterocycles. The lowest BCUT2D eigenvalue weighted by atomic mass is 10.3. The number of hydrogen-bond acceptors (Lipinski definition) is 4. The maximum absolute atomic E-state index is 9.69. The van der Waals surface area contributed by atoms with Crippen LogP contribution in [0.2, 0.25) is 5.02 Å². The van der Waals surface area contributed by atoms with Crippen molar-refractivity contribution in [1.82, 2.24) is 5.32 Å². The number of halogens is 1. The molecule has 1 unspecified atom stereocenters. The van der Waals surface area contributed by atoms with Crippen LogP contribution < -0.4 is 10.1 Å². The third-order valence-corrected chi connectivity index (χ3v) is 2.59. The molecule has 5 heteroatoms. The number of hydrogen-bond donors (Lipinski definition) is 2. The van der Waals surface area contributed by atoms with E-state index in [9.17, 15) is 5.11 Å². The SMILES string of the molecule is CCOCCNCC(O)COc1ccccc1Cl. The van der Waals surface area contributed by atoms with Crippen LogP contribution in [0.25, 0.3) is 0 Å². The van der Waals surface area contributed by atoms with Gasteiger partial charge in [-0.15, -0.1) is 0 Å². The van der Waals surface area contributed by atoms with Gasteiger partial charge in [0.2, 0.25) is 0 Å². The first-order chi connectivity index (χ1) is 8.74. The second-order valence-corrected chi connectivity index (χ2v) is 4.20.